The number of hydrogen-bond donors (Lipinski definition) is 0. The Morgan fingerprint density at radius 1 is 1.54 bits per heavy atom. The Bertz CT molecular complexity index is 184. The number of ketones is 1. The van der Waals surface area contributed by atoms with Gasteiger partial charge in [0, 0.05) is 5.41 Å². The SMILES string of the molecule is C=CC(CCC)C(C)(CC)C(C)=O. The zero-order valence-electron chi connectivity index (χ0n) is 9.39. The van der Waals surface area contributed by atoms with Crippen molar-refractivity contribution in [3.05, 3.63) is 12.7 Å². The van der Waals surface area contributed by atoms with Gasteiger partial charge in [0.1, 0.15) is 5.78 Å². The van der Waals surface area contributed by atoms with Gasteiger partial charge in [-0.2, -0.15) is 0 Å². The summed E-state index contributed by atoms with van der Waals surface area (Å²) in [6.07, 6.45) is 5.01. The summed E-state index contributed by atoms with van der Waals surface area (Å²) in [6.45, 7) is 11.8. The van der Waals surface area contributed by atoms with Gasteiger partial charge in [0.25, 0.3) is 0 Å². The molecule has 0 aromatic carbocycles. The maximum absolute atomic E-state index is 11.5. The fraction of sp³-hybridized carbons (Fsp3) is 0.750. The first-order chi connectivity index (χ1) is 6.02. The standard InChI is InChI=1S/C12H22O/c1-6-9-11(7-2)12(5,8-3)10(4)13/h7,11H,2,6,8-9H2,1,3-5H3. The predicted octanol–water partition coefficient (Wildman–Crippen LogP) is 3.59. The summed E-state index contributed by atoms with van der Waals surface area (Å²) in [5.41, 5.74) is -0.197. The Morgan fingerprint density at radius 2 is 2.08 bits per heavy atom. The molecule has 13 heavy (non-hydrogen) atoms. The van der Waals surface area contributed by atoms with Gasteiger partial charge in [0.2, 0.25) is 0 Å². The first-order valence-corrected chi connectivity index (χ1v) is 5.16. The number of hydrogen-bond acceptors (Lipinski definition) is 1. The number of rotatable bonds is 6. The molecule has 0 aliphatic heterocycles. The van der Waals surface area contributed by atoms with E-state index in [1.165, 1.54) is 0 Å². The molecule has 76 valence electrons. The van der Waals surface area contributed by atoms with Crippen LogP contribution >= 0.6 is 0 Å². The van der Waals surface area contributed by atoms with Crippen LogP contribution in [0.25, 0.3) is 0 Å². The van der Waals surface area contributed by atoms with Gasteiger partial charge >= 0.3 is 0 Å². The number of Topliss-reactive ketones (excluding diaryl/α,β-unsaturated/α-hetero) is 1. The third kappa shape index (κ3) is 2.68. The first-order valence-electron chi connectivity index (χ1n) is 5.16. The lowest BCUT2D eigenvalue weighted by atomic mass is 9.70. The number of carbonyl (C=O) groups is 1. The molecule has 0 spiro atoms. The average molecular weight is 182 g/mol. The minimum atomic E-state index is -0.197. The van der Waals surface area contributed by atoms with Gasteiger partial charge in [0.15, 0.2) is 0 Å². The summed E-state index contributed by atoms with van der Waals surface area (Å²) in [5, 5.41) is 0. The fourth-order valence-corrected chi connectivity index (χ4v) is 1.78. The van der Waals surface area contributed by atoms with Gasteiger partial charge < -0.3 is 0 Å². The van der Waals surface area contributed by atoms with E-state index in [0.29, 0.717) is 5.92 Å². The summed E-state index contributed by atoms with van der Waals surface area (Å²) in [7, 11) is 0. The van der Waals surface area contributed by atoms with E-state index in [4.69, 9.17) is 0 Å². The minimum absolute atomic E-state index is 0.197. The molecule has 0 amide bonds. The van der Waals surface area contributed by atoms with Crippen LogP contribution in [0.3, 0.4) is 0 Å². The van der Waals surface area contributed by atoms with Crippen molar-refractivity contribution in [3.63, 3.8) is 0 Å². The lowest BCUT2D eigenvalue weighted by molar-refractivity contribution is -0.128. The molecule has 0 fully saturated rings. The van der Waals surface area contributed by atoms with Crippen LogP contribution in [0.2, 0.25) is 0 Å². The third-order valence-electron chi connectivity index (χ3n) is 3.24. The van der Waals surface area contributed by atoms with Crippen LogP contribution < -0.4 is 0 Å². The molecule has 0 bridgehead atoms. The van der Waals surface area contributed by atoms with Crippen LogP contribution in [0.15, 0.2) is 12.7 Å². The van der Waals surface area contributed by atoms with Gasteiger partial charge in [-0.05, 0) is 25.7 Å². The van der Waals surface area contributed by atoms with Crippen LogP contribution in [0.1, 0.15) is 47.0 Å². The monoisotopic (exact) mass is 182 g/mol. The summed E-state index contributed by atoms with van der Waals surface area (Å²) in [5.74, 6) is 0.619. The molecule has 1 heteroatoms. The van der Waals surface area contributed by atoms with Crippen molar-refractivity contribution in [2.75, 3.05) is 0 Å². The van der Waals surface area contributed by atoms with E-state index in [0.717, 1.165) is 19.3 Å². The molecule has 0 aliphatic carbocycles. The van der Waals surface area contributed by atoms with Gasteiger partial charge in [-0.25, -0.2) is 0 Å². The van der Waals surface area contributed by atoms with Gasteiger partial charge in [-0.15, -0.1) is 6.58 Å². The topological polar surface area (TPSA) is 17.1 Å². The van der Waals surface area contributed by atoms with Crippen molar-refractivity contribution >= 4 is 5.78 Å². The highest BCUT2D eigenvalue weighted by Gasteiger charge is 2.34. The Kier molecular flexibility index (Phi) is 4.97. The van der Waals surface area contributed by atoms with Crippen molar-refractivity contribution in [1.29, 1.82) is 0 Å². The second kappa shape index (κ2) is 5.21. The Morgan fingerprint density at radius 3 is 2.31 bits per heavy atom. The molecule has 0 aromatic rings. The van der Waals surface area contributed by atoms with Crippen LogP contribution in [0.4, 0.5) is 0 Å². The molecule has 2 unspecified atom stereocenters. The molecular weight excluding hydrogens is 160 g/mol. The average Bonchev–Trinajstić information content (AvgIpc) is 2.12. The summed E-state index contributed by atoms with van der Waals surface area (Å²) in [4.78, 5) is 11.5. The molecule has 2 atom stereocenters. The summed E-state index contributed by atoms with van der Waals surface area (Å²) < 4.78 is 0. The third-order valence-corrected chi connectivity index (χ3v) is 3.24. The largest absolute Gasteiger partial charge is 0.299 e. The van der Waals surface area contributed by atoms with E-state index in [1.807, 2.05) is 6.08 Å². The lowest BCUT2D eigenvalue weighted by Gasteiger charge is -2.32. The van der Waals surface area contributed by atoms with E-state index < -0.39 is 0 Å². The van der Waals surface area contributed by atoms with Crippen LogP contribution in [0.5, 0.6) is 0 Å². The molecule has 0 saturated heterocycles. The predicted molar refractivity (Wildman–Crippen MR) is 57.7 cm³/mol. The van der Waals surface area contributed by atoms with Gasteiger partial charge in [0.05, 0.1) is 0 Å². The molecule has 0 aliphatic rings. The molecular formula is C12H22O. The minimum Gasteiger partial charge on any atom is -0.299 e. The molecule has 0 heterocycles. The van der Waals surface area contributed by atoms with E-state index in [1.54, 1.807) is 6.92 Å². The number of allylic oxidation sites excluding steroid dienone is 1. The van der Waals surface area contributed by atoms with Crippen LogP contribution in [-0.4, -0.2) is 5.78 Å². The zero-order chi connectivity index (χ0) is 10.5. The van der Waals surface area contributed by atoms with Gasteiger partial charge in [-0.1, -0.05) is 33.3 Å². The molecule has 0 saturated carbocycles. The Labute approximate surface area is 82.2 Å². The van der Waals surface area contributed by atoms with Crippen molar-refractivity contribution in [2.24, 2.45) is 11.3 Å². The normalized spacial score (nSPS) is 17.5. The highest BCUT2D eigenvalue weighted by molar-refractivity contribution is 5.82. The molecule has 0 radical (unpaired) electrons. The smallest absolute Gasteiger partial charge is 0.136 e. The van der Waals surface area contributed by atoms with E-state index >= 15 is 0 Å². The second-order valence-corrected chi connectivity index (χ2v) is 3.96. The molecule has 0 aromatic heterocycles. The van der Waals surface area contributed by atoms with Crippen molar-refractivity contribution in [1.82, 2.24) is 0 Å². The molecule has 1 nitrogen and oxygen atoms in total. The maximum Gasteiger partial charge on any atom is 0.136 e. The zero-order valence-corrected chi connectivity index (χ0v) is 9.39. The highest BCUT2D eigenvalue weighted by atomic mass is 16.1. The van der Waals surface area contributed by atoms with Crippen molar-refractivity contribution < 1.29 is 4.79 Å². The quantitative estimate of drug-likeness (QED) is 0.574. The van der Waals surface area contributed by atoms with E-state index in [2.05, 4.69) is 27.4 Å². The fourth-order valence-electron chi connectivity index (χ4n) is 1.78. The van der Waals surface area contributed by atoms with Crippen molar-refractivity contribution in [3.8, 4) is 0 Å². The Hall–Kier alpha value is -0.590. The van der Waals surface area contributed by atoms with Crippen LogP contribution in [-0.2, 0) is 4.79 Å². The van der Waals surface area contributed by atoms with Gasteiger partial charge in [-0.3, -0.25) is 4.79 Å². The molecule has 0 N–H and O–H groups in total. The lowest BCUT2D eigenvalue weighted by Crippen LogP contribution is -2.32. The second-order valence-electron chi connectivity index (χ2n) is 3.96. The van der Waals surface area contributed by atoms with E-state index in [-0.39, 0.29) is 11.2 Å². The Balaban J connectivity index is 4.68. The van der Waals surface area contributed by atoms with Crippen molar-refractivity contribution in [2.45, 2.75) is 47.0 Å². The molecule has 0 rings (SSSR count). The number of carbonyl (C=O) groups excluding carboxylic acids is 1. The highest BCUT2D eigenvalue weighted by Crippen LogP contribution is 2.35. The van der Waals surface area contributed by atoms with E-state index in [9.17, 15) is 4.79 Å². The summed E-state index contributed by atoms with van der Waals surface area (Å²) in [6, 6.07) is 0. The first kappa shape index (κ1) is 12.4. The van der Waals surface area contributed by atoms with Crippen LogP contribution in [0, 0.1) is 11.3 Å². The summed E-state index contributed by atoms with van der Waals surface area (Å²) >= 11 is 0. The maximum atomic E-state index is 11.5.